The van der Waals surface area contributed by atoms with Crippen LogP contribution in [-0.4, -0.2) is 11.6 Å². The molecule has 0 aromatic rings. The summed E-state index contributed by atoms with van der Waals surface area (Å²) in [5.41, 5.74) is 0. The van der Waals surface area contributed by atoms with Crippen molar-refractivity contribution >= 4 is 28.0 Å². The van der Waals surface area contributed by atoms with Gasteiger partial charge in [-0.15, -0.1) is 0 Å². The van der Waals surface area contributed by atoms with Crippen molar-refractivity contribution in [3.63, 3.8) is 0 Å². The molecule has 0 fully saturated rings. The summed E-state index contributed by atoms with van der Waals surface area (Å²) in [5, 5.41) is 1.29. The average molecular weight is 114 g/mol. The molecule has 1 heterocycles. The molecule has 0 saturated carbocycles. The standard InChI is InChI=1S/C4H4P2/c1-4-5-2-3-6-4/h2-3H,1H2. The number of hydrogen-bond donors (Lipinski definition) is 0. The molecule has 0 bridgehead atoms. The second kappa shape index (κ2) is 1.69. The summed E-state index contributed by atoms with van der Waals surface area (Å²) < 4.78 is 0. The van der Waals surface area contributed by atoms with E-state index < -0.39 is 0 Å². The minimum Gasteiger partial charge on any atom is -0.0825 e. The van der Waals surface area contributed by atoms with Gasteiger partial charge in [-0.2, -0.15) is 0 Å². The van der Waals surface area contributed by atoms with Crippen LogP contribution in [-0.2, 0) is 0 Å². The molecule has 0 aliphatic carbocycles. The van der Waals surface area contributed by atoms with Gasteiger partial charge in [0.15, 0.2) is 0 Å². The Morgan fingerprint density at radius 3 is 2.00 bits per heavy atom. The largest absolute Gasteiger partial charge is 0.0825 e. The Kier molecular flexibility index (Phi) is 1.19. The van der Waals surface area contributed by atoms with Gasteiger partial charge in [-0.1, -0.05) is 23.0 Å². The molecule has 1 rings (SSSR count). The van der Waals surface area contributed by atoms with Crippen molar-refractivity contribution in [2.24, 2.45) is 0 Å². The smallest absolute Gasteiger partial charge is 0.0219 e. The van der Waals surface area contributed by atoms with E-state index in [-0.39, 0.29) is 0 Å². The van der Waals surface area contributed by atoms with Crippen molar-refractivity contribution < 1.29 is 0 Å². The lowest BCUT2D eigenvalue weighted by molar-refractivity contribution is 2.53. The first kappa shape index (κ1) is 4.24. The summed E-state index contributed by atoms with van der Waals surface area (Å²) in [5.74, 6) is 4.23. The van der Waals surface area contributed by atoms with Gasteiger partial charge in [-0.3, -0.25) is 0 Å². The molecular weight excluding hydrogens is 110 g/mol. The first-order valence-electron chi connectivity index (χ1n) is 1.65. The van der Waals surface area contributed by atoms with Gasteiger partial charge in [0, 0.05) is 5.06 Å². The summed E-state index contributed by atoms with van der Waals surface area (Å²) in [6.45, 7) is 3.77. The molecule has 30 valence electrons. The molecule has 0 radical (unpaired) electrons. The van der Waals surface area contributed by atoms with Crippen LogP contribution in [0.2, 0.25) is 0 Å². The second-order valence-corrected chi connectivity index (χ2v) is 3.52. The van der Waals surface area contributed by atoms with Gasteiger partial charge >= 0.3 is 0 Å². The van der Waals surface area contributed by atoms with Crippen molar-refractivity contribution in [2.75, 3.05) is 0 Å². The van der Waals surface area contributed by atoms with Crippen LogP contribution in [0, 0.1) is 0 Å². The molecule has 0 spiro atoms. The average Bonchev–Trinajstić information content (AvgIpc) is 1.86. The molecule has 0 aromatic carbocycles. The molecular formula is C4H4P2. The third-order valence-corrected chi connectivity index (χ3v) is 2.63. The molecule has 0 unspecified atom stereocenters. The molecule has 1 aliphatic rings. The van der Waals surface area contributed by atoms with Gasteiger partial charge < -0.3 is 0 Å². The van der Waals surface area contributed by atoms with E-state index in [4.69, 9.17) is 0 Å². The Bertz CT molecular complexity index is 108. The first-order valence-corrected chi connectivity index (χ1v) is 3.58. The molecule has 0 saturated heterocycles. The van der Waals surface area contributed by atoms with Crippen molar-refractivity contribution in [3.05, 3.63) is 11.6 Å². The van der Waals surface area contributed by atoms with E-state index in [0.717, 1.165) is 0 Å². The quantitative estimate of drug-likeness (QED) is 0.422. The van der Waals surface area contributed by atoms with Crippen LogP contribution in [0.4, 0.5) is 0 Å². The van der Waals surface area contributed by atoms with E-state index in [0.29, 0.717) is 0 Å². The summed E-state index contributed by atoms with van der Waals surface area (Å²) in [7, 11) is 2.60. The Morgan fingerprint density at radius 1 is 1.33 bits per heavy atom. The zero-order valence-corrected chi connectivity index (χ0v) is 5.05. The molecule has 0 amide bonds. The summed E-state index contributed by atoms with van der Waals surface area (Å²) in [6.07, 6.45) is 0. The van der Waals surface area contributed by atoms with Crippen molar-refractivity contribution in [2.45, 2.75) is 0 Å². The lowest BCUT2D eigenvalue weighted by Gasteiger charge is -1.68. The Morgan fingerprint density at radius 2 is 1.83 bits per heavy atom. The first-order chi connectivity index (χ1) is 2.89. The highest BCUT2D eigenvalue weighted by Crippen LogP contribution is 2.26. The van der Waals surface area contributed by atoms with Crippen LogP contribution in [0.5, 0.6) is 0 Å². The fourth-order valence-electron chi connectivity index (χ4n) is 0.272. The lowest BCUT2D eigenvalue weighted by Crippen LogP contribution is -1.49. The zero-order valence-electron chi connectivity index (χ0n) is 3.26. The Balaban J connectivity index is 2.86. The van der Waals surface area contributed by atoms with Gasteiger partial charge in [0.05, 0.1) is 0 Å². The van der Waals surface area contributed by atoms with Crippen molar-refractivity contribution in [1.29, 1.82) is 0 Å². The van der Waals surface area contributed by atoms with Crippen LogP contribution < -0.4 is 0 Å². The zero-order chi connectivity index (χ0) is 4.41. The van der Waals surface area contributed by atoms with E-state index >= 15 is 0 Å². The van der Waals surface area contributed by atoms with Crippen LogP contribution in [0.25, 0.3) is 0 Å². The third kappa shape index (κ3) is 0.772. The molecule has 6 heavy (non-hydrogen) atoms. The lowest BCUT2D eigenvalue weighted by atomic mass is 11.0. The maximum atomic E-state index is 3.77. The highest BCUT2D eigenvalue weighted by atomic mass is 31.1. The Labute approximate surface area is 40.5 Å². The fraction of sp³-hybridized carbons (Fsp3) is 0. The third-order valence-electron chi connectivity index (χ3n) is 0.514. The van der Waals surface area contributed by atoms with Gasteiger partial charge in [-0.25, -0.2) is 0 Å². The van der Waals surface area contributed by atoms with Crippen molar-refractivity contribution in [3.8, 4) is 0 Å². The van der Waals surface area contributed by atoms with Crippen molar-refractivity contribution in [1.82, 2.24) is 0 Å². The van der Waals surface area contributed by atoms with E-state index in [1.54, 1.807) is 0 Å². The topological polar surface area (TPSA) is 0 Å². The van der Waals surface area contributed by atoms with Gasteiger partial charge in [0.2, 0.25) is 0 Å². The highest BCUT2D eigenvalue weighted by Gasteiger charge is 1.83. The molecule has 2 heteroatoms. The minimum absolute atomic E-state index is 1.29. The highest BCUT2D eigenvalue weighted by molar-refractivity contribution is 7.71. The summed E-state index contributed by atoms with van der Waals surface area (Å²) in [6, 6.07) is 0. The molecule has 0 aromatic heterocycles. The van der Waals surface area contributed by atoms with Crippen LogP contribution in [0.3, 0.4) is 0 Å². The van der Waals surface area contributed by atoms with E-state index in [9.17, 15) is 0 Å². The van der Waals surface area contributed by atoms with Crippen LogP contribution >= 0.6 is 16.4 Å². The predicted octanol–water partition coefficient (Wildman–Crippen LogP) is 1.97. The van der Waals surface area contributed by atoms with E-state index in [1.807, 2.05) is 0 Å². The maximum Gasteiger partial charge on any atom is 0.0219 e. The molecule has 1 aliphatic heterocycles. The monoisotopic (exact) mass is 114 g/mol. The molecule has 0 nitrogen and oxygen atoms in total. The number of rotatable bonds is 0. The SMILES string of the molecule is C=C1P=CC=P1. The molecule has 0 atom stereocenters. The summed E-state index contributed by atoms with van der Waals surface area (Å²) >= 11 is 0. The molecule has 0 N–H and O–H groups in total. The second-order valence-electron chi connectivity index (χ2n) is 0.973. The predicted molar refractivity (Wildman–Crippen MR) is 35.1 cm³/mol. The maximum absolute atomic E-state index is 3.77. The van der Waals surface area contributed by atoms with Gasteiger partial charge in [0.25, 0.3) is 0 Å². The number of hydrogen-bond acceptors (Lipinski definition) is 0. The normalized spacial score (nSPS) is 22.3. The Hall–Kier alpha value is 0.0800. The van der Waals surface area contributed by atoms with Gasteiger partial charge in [0.1, 0.15) is 0 Å². The van der Waals surface area contributed by atoms with E-state index in [1.165, 1.54) is 21.5 Å². The van der Waals surface area contributed by atoms with Crippen LogP contribution in [0.15, 0.2) is 11.6 Å². The van der Waals surface area contributed by atoms with E-state index in [2.05, 4.69) is 18.2 Å². The summed E-state index contributed by atoms with van der Waals surface area (Å²) in [4.78, 5) is 0. The van der Waals surface area contributed by atoms with Crippen LogP contribution in [0.1, 0.15) is 0 Å². The van der Waals surface area contributed by atoms with Gasteiger partial charge in [-0.05, 0) is 11.6 Å². The fourth-order valence-corrected chi connectivity index (χ4v) is 1.82. The minimum atomic E-state index is 1.29.